The van der Waals surface area contributed by atoms with E-state index in [9.17, 15) is 0 Å². The molecule has 1 aliphatic rings. The van der Waals surface area contributed by atoms with Gasteiger partial charge in [0.05, 0.1) is 5.01 Å². The first-order valence-electron chi connectivity index (χ1n) is 7.58. The molecule has 1 heterocycles. The number of aromatic nitrogens is 1. The first-order valence-corrected chi connectivity index (χ1v) is 8.46. The zero-order chi connectivity index (χ0) is 13.9. The van der Waals surface area contributed by atoms with Crippen LogP contribution in [0, 0.1) is 17.3 Å². The molecule has 2 rings (SSSR count). The van der Waals surface area contributed by atoms with Gasteiger partial charge in [-0.1, -0.05) is 27.7 Å². The van der Waals surface area contributed by atoms with Crippen LogP contribution in [0.3, 0.4) is 0 Å². The molecule has 108 valence electrons. The maximum Gasteiger partial charge on any atom is 0.0927 e. The molecule has 1 saturated carbocycles. The van der Waals surface area contributed by atoms with Gasteiger partial charge >= 0.3 is 0 Å². The second-order valence-corrected chi connectivity index (χ2v) is 8.10. The van der Waals surface area contributed by atoms with Gasteiger partial charge in [0.2, 0.25) is 0 Å². The highest BCUT2D eigenvalue weighted by Gasteiger charge is 2.34. The number of nitrogens with zero attached hydrogens (tertiary/aromatic N) is 1. The molecular weight excluding hydrogens is 252 g/mol. The fourth-order valence-electron chi connectivity index (χ4n) is 3.26. The van der Waals surface area contributed by atoms with Crippen molar-refractivity contribution in [1.82, 2.24) is 10.3 Å². The Labute approximate surface area is 122 Å². The minimum absolute atomic E-state index is 0.510. The van der Waals surface area contributed by atoms with Crippen molar-refractivity contribution in [2.45, 2.75) is 59.4 Å². The van der Waals surface area contributed by atoms with Crippen LogP contribution in [-0.4, -0.2) is 17.6 Å². The van der Waals surface area contributed by atoms with E-state index in [0.717, 1.165) is 11.8 Å². The highest BCUT2D eigenvalue weighted by atomic mass is 32.1. The summed E-state index contributed by atoms with van der Waals surface area (Å²) in [5.41, 5.74) is 0.510. The second kappa shape index (κ2) is 6.36. The maximum atomic E-state index is 4.49. The van der Waals surface area contributed by atoms with Gasteiger partial charge in [-0.2, -0.15) is 0 Å². The highest BCUT2D eigenvalue weighted by molar-refractivity contribution is 7.09. The lowest BCUT2D eigenvalue weighted by Gasteiger charge is -2.41. The van der Waals surface area contributed by atoms with Gasteiger partial charge in [0.25, 0.3) is 0 Å². The van der Waals surface area contributed by atoms with E-state index in [1.807, 2.05) is 17.5 Å². The van der Waals surface area contributed by atoms with E-state index in [1.165, 1.54) is 37.2 Å². The molecule has 1 fully saturated rings. The van der Waals surface area contributed by atoms with E-state index in [-0.39, 0.29) is 0 Å². The normalized spacial score (nSPS) is 26.8. The molecule has 0 amide bonds. The number of hydrogen-bond acceptors (Lipinski definition) is 3. The predicted octanol–water partition coefficient (Wildman–Crippen LogP) is 4.13. The van der Waals surface area contributed by atoms with Crippen molar-refractivity contribution in [1.29, 1.82) is 0 Å². The van der Waals surface area contributed by atoms with Crippen LogP contribution in [0.1, 0.15) is 52.0 Å². The van der Waals surface area contributed by atoms with Crippen LogP contribution in [0.5, 0.6) is 0 Å². The van der Waals surface area contributed by atoms with Crippen molar-refractivity contribution >= 4 is 11.3 Å². The molecule has 19 heavy (non-hydrogen) atoms. The molecule has 0 radical (unpaired) electrons. The lowest BCUT2D eigenvalue weighted by molar-refractivity contribution is 0.114. The van der Waals surface area contributed by atoms with Crippen molar-refractivity contribution in [3.05, 3.63) is 16.6 Å². The van der Waals surface area contributed by atoms with Crippen molar-refractivity contribution in [3.63, 3.8) is 0 Å². The summed E-state index contributed by atoms with van der Waals surface area (Å²) in [6.07, 6.45) is 7.19. The Hall–Kier alpha value is -0.410. The average molecular weight is 280 g/mol. The number of thiazole rings is 1. The van der Waals surface area contributed by atoms with Gasteiger partial charge in [0.1, 0.15) is 0 Å². The standard InChI is InChI=1S/C16H28N2S/c1-12(2)18-11-13-5-6-16(3,4)10-14(13)9-15-17-7-8-19-15/h7-8,12-14,18H,5-6,9-11H2,1-4H3. The lowest BCUT2D eigenvalue weighted by Crippen LogP contribution is -2.38. The van der Waals surface area contributed by atoms with Crippen LogP contribution in [0.25, 0.3) is 0 Å². The van der Waals surface area contributed by atoms with Crippen molar-refractivity contribution in [2.75, 3.05) is 6.54 Å². The van der Waals surface area contributed by atoms with E-state index < -0.39 is 0 Å². The van der Waals surface area contributed by atoms with Gasteiger partial charge in [0.15, 0.2) is 0 Å². The van der Waals surface area contributed by atoms with Crippen LogP contribution in [-0.2, 0) is 6.42 Å². The van der Waals surface area contributed by atoms with E-state index in [4.69, 9.17) is 0 Å². The van der Waals surface area contributed by atoms with E-state index >= 15 is 0 Å². The molecule has 2 nitrogen and oxygen atoms in total. The highest BCUT2D eigenvalue weighted by Crippen LogP contribution is 2.43. The van der Waals surface area contributed by atoms with Crippen molar-refractivity contribution in [2.24, 2.45) is 17.3 Å². The molecule has 0 spiro atoms. The maximum absolute atomic E-state index is 4.49. The molecule has 0 aromatic carbocycles. The fraction of sp³-hybridized carbons (Fsp3) is 0.812. The minimum atomic E-state index is 0.510. The summed E-state index contributed by atoms with van der Waals surface area (Å²) in [6.45, 7) is 10.5. The smallest absolute Gasteiger partial charge is 0.0927 e. The Balaban J connectivity index is 1.99. The van der Waals surface area contributed by atoms with E-state index in [0.29, 0.717) is 11.5 Å². The molecule has 2 atom stereocenters. The first-order chi connectivity index (χ1) is 8.96. The monoisotopic (exact) mass is 280 g/mol. The van der Waals surface area contributed by atoms with Gasteiger partial charge < -0.3 is 5.32 Å². The minimum Gasteiger partial charge on any atom is -0.314 e. The van der Waals surface area contributed by atoms with Gasteiger partial charge in [-0.3, -0.25) is 0 Å². The third kappa shape index (κ3) is 4.57. The molecule has 0 saturated heterocycles. The predicted molar refractivity (Wildman–Crippen MR) is 83.6 cm³/mol. The molecule has 0 bridgehead atoms. The Morgan fingerprint density at radius 3 is 2.84 bits per heavy atom. The third-order valence-electron chi connectivity index (χ3n) is 4.38. The zero-order valence-electron chi connectivity index (χ0n) is 12.8. The first kappa shape index (κ1) is 15.0. The topological polar surface area (TPSA) is 24.9 Å². The summed E-state index contributed by atoms with van der Waals surface area (Å²) in [6, 6.07) is 0.593. The average Bonchev–Trinajstić information content (AvgIpc) is 2.79. The Morgan fingerprint density at radius 2 is 2.21 bits per heavy atom. The van der Waals surface area contributed by atoms with E-state index in [1.54, 1.807) is 0 Å². The molecule has 3 heteroatoms. The van der Waals surface area contributed by atoms with Crippen LogP contribution in [0.2, 0.25) is 0 Å². The summed E-state index contributed by atoms with van der Waals surface area (Å²) >= 11 is 1.81. The fourth-order valence-corrected chi connectivity index (χ4v) is 3.97. The molecule has 1 aliphatic carbocycles. The Morgan fingerprint density at radius 1 is 1.42 bits per heavy atom. The number of rotatable bonds is 5. The lowest BCUT2D eigenvalue weighted by atomic mass is 9.66. The largest absolute Gasteiger partial charge is 0.314 e. The summed E-state index contributed by atoms with van der Waals surface area (Å²) in [4.78, 5) is 4.49. The summed E-state index contributed by atoms with van der Waals surface area (Å²) in [5, 5.41) is 7.05. The SMILES string of the molecule is CC(C)NCC1CCC(C)(C)CC1Cc1nccs1. The molecule has 2 unspecified atom stereocenters. The summed E-state index contributed by atoms with van der Waals surface area (Å²) in [5.74, 6) is 1.61. The van der Waals surface area contributed by atoms with Gasteiger partial charge in [-0.15, -0.1) is 11.3 Å². The van der Waals surface area contributed by atoms with E-state index in [2.05, 4.69) is 43.4 Å². The summed E-state index contributed by atoms with van der Waals surface area (Å²) in [7, 11) is 0. The van der Waals surface area contributed by atoms with Gasteiger partial charge in [-0.25, -0.2) is 4.98 Å². The van der Waals surface area contributed by atoms with Crippen LogP contribution >= 0.6 is 11.3 Å². The molecule has 1 N–H and O–H groups in total. The third-order valence-corrected chi connectivity index (χ3v) is 5.18. The Bertz CT molecular complexity index is 368. The molecule has 0 aliphatic heterocycles. The molecule has 1 aromatic heterocycles. The van der Waals surface area contributed by atoms with Crippen molar-refractivity contribution < 1.29 is 0 Å². The zero-order valence-corrected chi connectivity index (χ0v) is 13.6. The van der Waals surface area contributed by atoms with Crippen molar-refractivity contribution in [3.8, 4) is 0 Å². The van der Waals surface area contributed by atoms with Crippen LogP contribution in [0.15, 0.2) is 11.6 Å². The molecule has 1 aromatic rings. The quantitative estimate of drug-likeness (QED) is 0.877. The van der Waals surface area contributed by atoms with Gasteiger partial charge in [-0.05, 0) is 43.1 Å². The summed E-state index contributed by atoms with van der Waals surface area (Å²) < 4.78 is 0. The van der Waals surface area contributed by atoms with Crippen LogP contribution in [0.4, 0.5) is 0 Å². The number of hydrogen-bond donors (Lipinski definition) is 1. The molecular formula is C16H28N2S. The van der Waals surface area contributed by atoms with Crippen LogP contribution < -0.4 is 5.32 Å². The number of nitrogens with one attached hydrogen (secondary N) is 1. The second-order valence-electron chi connectivity index (χ2n) is 7.12. The van der Waals surface area contributed by atoms with Gasteiger partial charge in [0, 0.05) is 24.0 Å². The Kier molecular flexibility index (Phi) is 5.02.